The van der Waals surface area contributed by atoms with E-state index in [1.54, 1.807) is 0 Å². The first-order valence-corrected chi connectivity index (χ1v) is 7.25. The molecule has 17 heavy (non-hydrogen) atoms. The van der Waals surface area contributed by atoms with Gasteiger partial charge in [-0.3, -0.25) is 4.79 Å². The molecule has 98 valence electrons. The number of thiol groups is 1. The lowest BCUT2D eigenvalue weighted by Crippen LogP contribution is -2.40. The summed E-state index contributed by atoms with van der Waals surface area (Å²) in [5.74, 6) is 1.16. The van der Waals surface area contributed by atoms with Gasteiger partial charge in [0.15, 0.2) is 0 Å². The first kappa shape index (κ1) is 13.2. The van der Waals surface area contributed by atoms with Crippen molar-refractivity contribution in [2.24, 2.45) is 5.41 Å². The average molecular weight is 256 g/mol. The zero-order chi connectivity index (χ0) is 12.5. The van der Waals surface area contributed by atoms with Crippen molar-refractivity contribution in [3.05, 3.63) is 0 Å². The molecule has 1 aliphatic heterocycles. The Labute approximate surface area is 110 Å². The van der Waals surface area contributed by atoms with E-state index in [2.05, 4.69) is 24.6 Å². The minimum Gasteiger partial charge on any atom is -0.344 e. The van der Waals surface area contributed by atoms with Gasteiger partial charge in [0.25, 0.3) is 0 Å². The lowest BCUT2D eigenvalue weighted by molar-refractivity contribution is -0.131. The molecule has 0 spiro atoms. The molecule has 1 saturated carbocycles. The highest BCUT2D eigenvalue weighted by molar-refractivity contribution is 7.80. The molecule has 0 N–H and O–H groups in total. The van der Waals surface area contributed by atoms with E-state index in [9.17, 15) is 4.79 Å². The third-order valence-corrected chi connectivity index (χ3v) is 5.07. The fraction of sp³-hybridized carbons (Fsp3) is 0.923. The quantitative estimate of drug-likeness (QED) is 0.756. The van der Waals surface area contributed by atoms with Gasteiger partial charge in [-0.15, -0.1) is 0 Å². The van der Waals surface area contributed by atoms with Crippen molar-refractivity contribution >= 4 is 18.5 Å². The Morgan fingerprint density at radius 1 is 1.53 bits per heavy atom. The number of rotatable bonds is 5. The zero-order valence-electron chi connectivity index (χ0n) is 11.0. The molecule has 2 fully saturated rings. The fourth-order valence-corrected chi connectivity index (χ4v) is 3.08. The molecule has 1 saturated heterocycles. The first-order valence-electron chi connectivity index (χ1n) is 6.61. The van der Waals surface area contributed by atoms with E-state index in [-0.39, 0.29) is 5.41 Å². The van der Waals surface area contributed by atoms with Gasteiger partial charge >= 0.3 is 0 Å². The topological polar surface area (TPSA) is 23.6 Å². The summed E-state index contributed by atoms with van der Waals surface area (Å²) in [6.45, 7) is 2.06. The molecule has 0 radical (unpaired) electrons. The van der Waals surface area contributed by atoms with E-state index in [1.165, 1.54) is 32.2 Å². The molecule has 1 heterocycles. The molecule has 2 aliphatic rings. The first-order chi connectivity index (χ1) is 8.06. The van der Waals surface area contributed by atoms with Crippen LogP contribution in [0.2, 0.25) is 0 Å². The molecule has 0 aromatic rings. The molecule has 3 nitrogen and oxygen atoms in total. The van der Waals surface area contributed by atoms with Crippen molar-refractivity contribution in [1.82, 2.24) is 9.80 Å². The van der Waals surface area contributed by atoms with E-state index < -0.39 is 0 Å². The average Bonchev–Trinajstić information content (AvgIpc) is 2.97. The largest absolute Gasteiger partial charge is 0.344 e. The maximum Gasteiger partial charge on any atom is 0.222 e. The van der Waals surface area contributed by atoms with Crippen LogP contribution in [0.5, 0.6) is 0 Å². The molecular weight excluding hydrogens is 232 g/mol. The number of carbonyl (C=O) groups excluding carboxylic acids is 1. The van der Waals surface area contributed by atoms with Crippen LogP contribution in [0.15, 0.2) is 0 Å². The number of amides is 1. The normalized spacial score (nSPS) is 27.1. The van der Waals surface area contributed by atoms with E-state index in [0.717, 1.165) is 12.3 Å². The monoisotopic (exact) mass is 256 g/mol. The van der Waals surface area contributed by atoms with Crippen LogP contribution < -0.4 is 0 Å². The number of likely N-dealkylation sites (N-methyl/N-ethyl adjacent to an activating group) is 2. The van der Waals surface area contributed by atoms with Crippen LogP contribution in [0.4, 0.5) is 0 Å². The summed E-state index contributed by atoms with van der Waals surface area (Å²) in [4.78, 5) is 16.4. The second-order valence-corrected chi connectivity index (χ2v) is 6.20. The van der Waals surface area contributed by atoms with Gasteiger partial charge in [0.1, 0.15) is 0 Å². The van der Waals surface area contributed by atoms with Crippen molar-refractivity contribution in [2.75, 3.05) is 32.9 Å². The summed E-state index contributed by atoms with van der Waals surface area (Å²) in [7, 11) is 4.11. The van der Waals surface area contributed by atoms with E-state index in [1.807, 2.05) is 11.9 Å². The Hall–Kier alpha value is -0.220. The van der Waals surface area contributed by atoms with Gasteiger partial charge in [0.05, 0.1) is 0 Å². The Kier molecular flexibility index (Phi) is 4.03. The number of hydrogen-bond donors (Lipinski definition) is 1. The van der Waals surface area contributed by atoms with Crippen molar-refractivity contribution in [1.29, 1.82) is 0 Å². The third-order valence-electron chi connectivity index (χ3n) is 4.40. The van der Waals surface area contributed by atoms with Crippen LogP contribution in [-0.4, -0.2) is 54.7 Å². The smallest absolute Gasteiger partial charge is 0.222 e. The maximum absolute atomic E-state index is 12.1. The van der Waals surface area contributed by atoms with Gasteiger partial charge in [-0.25, -0.2) is 0 Å². The van der Waals surface area contributed by atoms with E-state index in [0.29, 0.717) is 18.4 Å². The third kappa shape index (κ3) is 3.16. The number of carbonyl (C=O) groups is 1. The Morgan fingerprint density at radius 2 is 2.24 bits per heavy atom. The second-order valence-electron chi connectivity index (χ2n) is 5.89. The lowest BCUT2D eigenvalue weighted by Gasteiger charge is -2.27. The van der Waals surface area contributed by atoms with Crippen LogP contribution in [0.3, 0.4) is 0 Å². The zero-order valence-corrected chi connectivity index (χ0v) is 11.9. The van der Waals surface area contributed by atoms with Crippen molar-refractivity contribution in [3.8, 4) is 0 Å². The van der Waals surface area contributed by atoms with Crippen molar-refractivity contribution in [3.63, 3.8) is 0 Å². The fourth-order valence-electron chi connectivity index (χ4n) is 2.65. The van der Waals surface area contributed by atoms with Crippen molar-refractivity contribution < 1.29 is 4.79 Å². The Balaban J connectivity index is 1.79. The lowest BCUT2D eigenvalue weighted by atomic mass is 10.0. The molecule has 0 aromatic heterocycles. The van der Waals surface area contributed by atoms with Crippen molar-refractivity contribution in [2.45, 2.75) is 38.1 Å². The van der Waals surface area contributed by atoms with Gasteiger partial charge in [0, 0.05) is 26.1 Å². The van der Waals surface area contributed by atoms with Gasteiger partial charge in [-0.2, -0.15) is 12.6 Å². The van der Waals surface area contributed by atoms with Crippen LogP contribution in [0.1, 0.15) is 32.1 Å². The molecule has 2 rings (SSSR count). The number of hydrogen-bond acceptors (Lipinski definition) is 3. The summed E-state index contributed by atoms with van der Waals surface area (Å²) in [5.41, 5.74) is 0.246. The molecular formula is C13H24N2OS. The van der Waals surface area contributed by atoms with Gasteiger partial charge in [0.2, 0.25) is 5.91 Å². The minimum atomic E-state index is 0.246. The second kappa shape index (κ2) is 5.19. The van der Waals surface area contributed by atoms with E-state index >= 15 is 0 Å². The SMILES string of the molecule is CN(CC1CCCN1C)C(=O)CC1(CS)CC1. The van der Waals surface area contributed by atoms with E-state index in [4.69, 9.17) is 0 Å². The van der Waals surface area contributed by atoms with Crippen LogP contribution in [0.25, 0.3) is 0 Å². The van der Waals surface area contributed by atoms with Crippen LogP contribution >= 0.6 is 12.6 Å². The van der Waals surface area contributed by atoms with Gasteiger partial charge < -0.3 is 9.80 Å². The summed E-state index contributed by atoms with van der Waals surface area (Å²) in [6.07, 6.45) is 5.55. The minimum absolute atomic E-state index is 0.246. The van der Waals surface area contributed by atoms with Crippen LogP contribution in [-0.2, 0) is 4.79 Å². The Morgan fingerprint density at radius 3 is 2.71 bits per heavy atom. The highest BCUT2D eigenvalue weighted by atomic mass is 32.1. The molecule has 4 heteroatoms. The molecule has 0 bridgehead atoms. The summed E-state index contributed by atoms with van der Waals surface area (Å²) in [5, 5.41) is 0. The molecule has 1 unspecified atom stereocenters. The molecule has 1 atom stereocenters. The highest BCUT2D eigenvalue weighted by Crippen LogP contribution is 2.49. The van der Waals surface area contributed by atoms with Crippen LogP contribution in [0, 0.1) is 5.41 Å². The molecule has 1 amide bonds. The summed E-state index contributed by atoms with van der Waals surface area (Å²) in [6, 6.07) is 0.565. The summed E-state index contributed by atoms with van der Waals surface area (Å²) < 4.78 is 0. The van der Waals surface area contributed by atoms with Gasteiger partial charge in [-0.1, -0.05) is 0 Å². The predicted octanol–water partition coefficient (Wildman–Crippen LogP) is 1.64. The summed E-state index contributed by atoms with van der Waals surface area (Å²) >= 11 is 4.36. The predicted molar refractivity (Wildman–Crippen MR) is 73.4 cm³/mol. The Bertz CT molecular complexity index is 291. The molecule has 0 aromatic carbocycles. The number of nitrogens with zero attached hydrogens (tertiary/aromatic N) is 2. The molecule has 1 aliphatic carbocycles. The maximum atomic E-state index is 12.1. The van der Waals surface area contributed by atoms with Gasteiger partial charge in [-0.05, 0) is 50.4 Å². The highest BCUT2D eigenvalue weighted by Gasteiger charge is 2.43. The standard InChI is InChI=1S/C13H24N2OS/c1-14-7-3-4-11(14)9-15(2)12(16)8-13(10-17)5-6-13/h11,17H,3-10H2,1-2H3. The number of likely N-dealkylation sites (tertiary alicyclic amines) is 1.